The van der Waals surface area contributed by atoms with E-state index in [2.05, 4.69) is 5.32 Å². The Kier molecular flexibility index (Phi) is 10.1. The maximum atomic E-state index is 13.7. The Labute approximate surface area is 209 Å². The number of carbonyl (C=O) groups is 2. The Hall–Kier alpha value is -3.07. The van der Waals surface area contributed by atoms with E-state index in [4.69, 9.17) is 4.74 Å². The molecule has 2 aromatic carbocycles. The molecule has 1 N–H and O–H groups in total. The summed E-state index contributed by atoms with van der Waals surface area (Å²) in [6.07, 6.45) is 1.45. The van der Waals surface area contributed by atoms with Crippen molar-refractivity contribution in [2.45, 2.75) is 46.7 Å². The Morgan fingerprint density at radius 1 is 1.09 bits per heavy atom. The summed E-state index contributed by atoms with van der Waals surface area (Å²) in [5.74, 6) is 0.148. The third-order valence-corrected chi connectivity index (χ3v) is 6.70. The summed E-state index contributed by atoms with van der Waals surface area (Å²) in [7, 11) is -2.19. The van der Waals surface area contributed by atoms with Crippen molar-refractivity contribution < 1.29 is 22.7 Å². The molecule has 9 heteroatoms. The number of ether oxygens (including phenoxy) is 1. The van der Waals surface area contributed by atoms with E-state index >= 15 is 0 Å². The van der Waals surface area contributed by atoms with Gasteiger partial charge in [0.2, 0.25) is 21.8 Å². The zero-order valence-electron chi connectivity index (χ0n) is 21.4. The van der Waals surface area contributed by atoms with E-state index in [1.54, 1.807) is 43.5 Å². The SMILES string of the molecule is CC[C@@H](C(=O)NCC(C)C)N(Cc1cccc(OC)c1)C(=O)CN(c1ccc(C)cc1)S(C)(=O)=O. The van der Waals surface area contributed by atoms with E-state index in [0.717, 1.165) is 21.7 Å². The van der Waals surface area contributed by atoms with Gasteiger partial charge in [0.25, 0.3) is 0 Å². The fraction of sp³-hybridized carbons (Fsp3) is 0.462. The first-order valence-electron chi connectivity index (χ1n) is 11.7. The van der Waals surface area contributed by atoms with Gasteiger partial charge in [0.05, 0.1) is 19.1 Å². The summed E-state index contributed by atoms with van der Waals surface area (Å²) in [6.45, 7) is 7.92. The number of rotatable bonds is 12. The van der Waals surface area contributed by atoms with Gasteiger partial charge in [-0.15, -0.1) is 0 Å². The molecule has 8 nitrogen and oxygen atoms in total. The molecule has 2 aromatic rings. The van der Waals surface area contributed by atoms with Crippen molar-refractivity contribution >= 4 is 27.5 Å². The Morgan fingerprint density at radius 3 is 2.29 bits per heavy atom. The first-order valence-corrected chi connectivity index (χ1v) is 13.6. The van der Waals surface area contributed by atoms with E-state index in [9.17, 15) is 18.0 Å². The first kappa shape index (κ1) is 28.2. The fourth-order valence-corrected chi connectivity index (χ4v) is 4.48. The molecule has 0 aliphatic rings. The predicted molar refractivity (Wildman–Crippen MR) is 139 cm³/mol. The summed E-state index contributed by atoms with van der Waals surface area (Å²) < 4.78 is 31.6. The van der Waals surface area contributed by atoms with Gasteiger partial charge in [0.1, 0.15) is 18.3 Å². The van der Waals surface area contributed by atoms with E-state index in [1.807, 2.05) is 39.8 Å². The van der Waals surface area contributed by atoms with Gasteiger partial charge in [-0.2, -0.15) is 0 Å². The third-order valence-electron chi connectivity index (χ3n) is 5.56. The predicted octanol–water partition coefficient (Wildman–Crippen LogP) is 3.35. The second kappa shape index (κ2) is 12.6. The number of aryl methyl sites for hydroxylation is 1. The summed E-state index contributed by atoms with van der Waals surface area (Å²) >= 11 is 0. The molecule has 192 valence electrons. The maximum absolute atomic E-state index is 13.7. The molecule has 0 spiro atoms. The van der Waals surface area contributed by atoms with E-state index < -0.39 is 28.5 Å². The van der Waals surface area contributed by atoms with Crippen LogP contribution in [-0.4, -0.2) is 57.6 Å². The number of hydrogen-bond acceptors (Lipinski definition) is 5. The van der Waals surface area contributed by atoms with Crippen molar-refractivity contribution in [3.05, 3.63) is 59.7 Å². The summed E-state index contributed by atoms with van der Waals surface area (Å²) in [6, 6.07) is 13.4. The normalized spacial score (nSPS) is 12.2. The zero-order chi connectivity index (χ0) is 26.2. The van der Waals surface area contributed by atoms with Crippen LogP contribution in [0, 0.1) is 12.8 Å². The molecule has 0 bridgehead atoms. The highest BCUT2D eigenvalue weighted by atomic mass is 32.2. The molecule has 0 saturated heterocycles. The van der Waals surface area contributed by atoms with Crippen LogP contribution >= 0.6 is 0 Å². The Morgan fingerprint density at radius 2 is 1.74 bits per heavy atom. The Bertz CT molecular complexity index is 1100. The highest BCUT2D eigenvalue weighted by molar-refractivity contribution is 7.92. The topological polar surface area (TPSA) is 96.0 Å². The monoisotopic (exact) mass is 503 g/mol. The van der Waals surface area contributed by atoms with Crippen molar-refractivity contribution in [3.63, 3.8) is 0 Å². The molecule has 0 unspecified atom stereocenters. The second-order valence-electron chi connectivity index (χ2n) is 9.04. The maximum Gasteiger partial charge on any atom is 0.244 e. The molecule has 0 aliphatic heterocycles. The molecule has 2 rings (SSSR count). The highest BCUT2D eigenvalue weighted by Gasteiger charge is 2.31. The van der Waals surface area contributed by atoms with Crippen molar-refractivity contribution in [2.24, 2.45) is 5.92 Å². The van der Waals surface area contributed by atoms with Gasteiger partial charge in [-0.25, -0.2) is 8.42 Å². The number of carbonyl (C=O) groups excluding carboxylic acids is 2. The average molecular weight is 504 g/mol. The molecule has 2 amide bonds. The summed E-state index contributed by atoms with van der Waals surface area (Å²) in [4.78, 5) is 28.2. The molecule has 0 radical (unpaired) electrons. The summed E-state index contributed by atoms with van der Waals surface area (Å²) in [5.41, 5.74) is 2.14. The van der Waals surface area contributed by atoms with Gasteiger partial charge in [-0.05, 0) is 49.1 Å². The van der Waals surface area contributed by atoms with Gasteiger partial charge in [-0.1, -0.05) is 50.6 Å². The van der Waals surface area contributed by atoms with Gasteiger partial charge in [0, 0.05) is 13.1 Å². The second-order valence-corrected chi connectivity index (χ2v) is 10.9. The standard InChI is InChI=1S/C26H37N3O5S/c1-7-24(26(31)27-16-19(2)3)28(17-21-9-8-10-23(15-21)34-5)25(30)18-29(35(6,32)33)22-13-11-20(4)12-14-22/h8-15,19,24H,7,16-18H2,1-6H3,(H,27,31)/t24-/m0/s1. The largest absolute Gasteiger partial charge is 0.497 e. The van der Waals surface area contributed by atoms with Crippen LogP contribution in [0.1, 0.15) is 38.3 Å². The summed E-state index contributed by atoms with van der Waals surface area (Å²) in [5, 5.41) is 2.91. The lowest BCUT2D eigenvalue weighted by atomic mass is 10.1. The lowest BCUT2D eigenvalue weighted by Crippen LogP contribution is -2.52. The minimum atomic E-state index is -3.75. The number of nitrogens with one attached hydrogen (secondary N) is 1. The number of benzene rings is 2. The van der Waals surface area contributed by atoms with Crippen molar-refractivity contribution in [1.29, 1.82) is 0 Å². The van der Waals surface area contributed by atoms with Gasteiger partial charge >= 0.3 is 0 Å². The van der Waals surface area contributed by atoms with Crippen LogP contribution in [-0.2, 0) is 26.2 Å². The molecular weight excluding hydrogens is 466 g/mol. The van der Waals surface area contributed by atoms with Crippen LogP contribution < -0.4 is 14.4 Å². The minimum absolute atomic E-state index is 0.134. The van der Waals surface area contributed by atoms with Gasteiger partial charge < -0.3 is 15.0 Å². The lowest BCUT2D eigenvalue weighted by Gasteiger charge is -2.33. The number of anilines is 1. The molecule has 1 atom stereocenters. The first-order chi connectivity index (χ1) is 16.5. The van der Waals surface area contributed by atoms with E-state index in [-0.39, 0.29) is 18.4 Å². The smallest absolute Gasteiger partial charge is 0.244 e. The number of amides is 2. The molecular formula is C26H37N3O5S. The molecule has 0 heterocycles. The highest BCUT2D eigenvalue weighted by Crippen LogP contribution is 2.21. The van der Waals surface area contributed by atoms with Crippen LogP contribution in [0.25, 0.3) is 0 Å². The number of methoxy groups -OCH3 is 1. The van der Waals surface area contributed by atoms with Crippen molar-refractivity contribution in [2.75, 3.05) is 30.8 Å². The third kappa shape index (κ3) is 8.28. The lowest BCUT2D eigenvalue weighted by molar-refractivity contribution is -0.140. The van der Waals surface area contributed by atoms with Gasteiger partial charge in [0.15, 0.2) is 0 Å². The van der Waals surface area contributed by atoms with Crippen LogP contribution in [0.2, 0.25) is 0 Å². The zero-order valence-corrected chi connectivity index (χ0v) is 22.3. The number of hydrogen-bond donors (Lipinski definition) is 1. The van der Waals surface area contributed by atoms with Crippen LogP contribution in [0.4, 0.5) is 5.69 Å². The number of sulfonamides is 1. The van der Waals surface area contributed by atoms with Crippen molar-refractivity contribution in [3.8, 4) is 5.75 Å². The number of nitrogens with zero attached hydrogens (tertiary/aromatic N) is 2. The molecule has 35 heavy (non-hydrogen) atoms. The van der Waals surface area contributed by atoms with E-state index in [0.29, 0.717) is 24.4 Å². The van der Waals surface area contributed by atoms with Crippen LogP contribution in [0.3, 0.4) is 0 Å². The quantitative estimate of drug-likeness (QED) is 0.479. The van der Waals surface area contributed by atoms with Crippen LogP contribution in [0.15, 0.2) is 48.5 Å². The molecule has 0 aliphatic carbocycles. The fourth-order valence-electron chi connectivity index (χ4n) is 3.63. The molecule has 0 fully saturated rings. The van der Waals surface area contributed by atoms with E-state index in [1.165, 1.54) is 4.90 Å². The van der Waals surface area contributed by atoms with Crippen molar-refractivity contribution in [1.82, 2.24) is 10.2 Å². The van der Waals surface area contributed by atoms with Crippen LogP contribution in [0.5, 0.6) is 5.75 Å². The van der Waals surface area contributed by atoms with Gasteiger partial charge in [-0.3, -0.25) is 13.9 Å². The molecule has 0 aromatic heterocycles. The molecule has 0 saturated carbocycles. The minimum Gasteiger partial charge on any atom is -0.497 e. The Balaban J connectivity index is 2.42. The average Bonchev–Trinajstić information content (AvgIpc) is 2.81.